The van der Waals surface area contributed by atoms with Crippen LogP contribution in [0.4, 0.5) is 0 Å². The maximum Gasteiger partial charge on any atom is 2.00 e. The van der Waals surface area contributed by atoms with Crippen molar-refractivity contribution in [3.8, 4) is 0 Å². The summed E-state index contributed by atoms with van der Waals surface area (Å²) in [6.45, 7) is 0. The van der Waals surface area contributed by atoms with E-state index in [-0.39, 0.29) is 200 Å². The van der Waals surface area contributed by atoms with Gasteiger partial charge in [-0.2, -0.15) is 0 Å². The van der Waals surface area contributed by atoms with Gasteiger partial charge in [-0.05, 0) is 0 Å². The van der Waals surface area contributed by atoms with Crippen LogP contribution in [-0.4, -0.2) is 175 Å². The molecule has 6 radical (unpaired) electrons. The average molecular weight is 1220 g/mol. The zero-order valence-corrected chi connectivity index (χ0v) is 32.1. The van der Waals surface area contributed by atoms with E-state index in [1.807, 2.05) is 0 Å². The third kappa shape index (κ3) is 3630. The Bertz CT molecular complexity index is 138. The van der Waals surface area contributed by atoms with E-state index in [0.29, 0.717) is 0 Å². The normalized spacial score (nSPS) is 2.40. The van der Waals surface area contributed by atoms with Crippen molar-refractivity contribution in [2.45, 2.75) is 0 Å². The van der Waals surface area contributed by atoms with Crippen LogP contribution in [0.5, 0.6) is 0 Å². The van der Waals surface area contributed by atoms with Gasteiger partial charge in [-0.1, -0.05) is 0 Å². The molecule has 0 aliphatic rings. The molecule has 0 aliphatic heterocycles. The number of rotatable bonds is 0. The second kappa shape index (κ2) is 218. The maximum atomic E-state index is 8.52. The summed E-state index contributed by atoms with van der Waals surface area (Å²) >= 11 is 0. The fourth-order valence-electron chi connectivity index (χ4n) is 0. The van der Waals surface area contributed by atoms with Gasteiger partial charge in [0.05, 0.1) is 0 Å². The summed E-state index contributed by atoms with van der Waals surface area (Å²) < 4.78 is 25.6. The van der Waals surface area contributed by atoms with Crippen LogP contribution in [0.15, 0.2) is 0 Å². The minimum atomic E-state index is -3.63. The van der Waals surface area contributed by atoms with Crippen LogP contribution < -0.4 is 28.8 Å². The largest absolute Gasteiger partial charge is 2.00 e. The van der Waals surface area contributed by atoms with Crippen molar-refractivity contribution < 1.29 is 160 Å². The predicted octanol–water partition coefficient (Wildman–Crippen LogP) is -15.8. The van der Waals surface area contributed by atoms with Crippen molar-refractivity contribution in [3.05, 3.63) is 0 Å². The summed E-state index contributed by atoms with van der Waals surface area (Å²) in [5.41, 5.74) is 0. The van der Waals surface area contributed by atoms with Crippen molar-refractivity contribution in [3.63, 3.8) is 0 Å². The summed E-state index contributed by atoms with van der Waals surface area (Å²) in [7, 11) is -10.9. The Morgan fingerprint density at radius 2 is 0.333 bits per heavy atom. The molecule has 0 heterocycles. The van der Waals surface area contributed by atoms with E-state index >= 15 is 0 Å². The molecule has 0 saturated heterocycles. The molecule has 30 heavy (non-hydrogen) atoms. The van der Waals surface area contributed by atoms with E-state index in [4.69, 9.17) is 42.2 Å². The van der Waals surface area contributed by atoms with Crippen molar-refractivity contribution in [1.29, 1.82) is 0 Å². The van der Waals surface area contributed by atoms with Gasteiger partial charge in [0.25, 0.3) is 0 Å². The Kier molecular flexibility index (Phi) is 1740. The molecule has 0 bridgehead atoms. The van der Waals surface area contributed by atoms with E-state index in [9.17, 15) is 0 Å². The smallest absolute Gasteiger partial charge is 0.870 e. The van der Waals surface area contributed by atoms with Crippen LogP contribution in [0.25, 0.3) is 0 Å². The van der Waals surface area contributed by atoms with Crippen LogP contribution in [0.1, 0.15) is 0 Å². The summed E-state index contributed by atoms with van der Waals surface area (Å²) in [6.07, 6.45) is 0. The Balaban J connectivity index is -0.00000000164. The van der Waals surface area contributed by atoms with E-state index < -0.39 is 27.5 Å². The zero-order valence-electron chi connectivity index (χ0n) is 13.6. The minimum absolute atomic E-state index is 0. The minimum Gasteiger partial charge on any atom is -0.870 e. The first-order valence-electron chi connectivity index (χ1n) is 1.84. The topological polar surface area (TPSA) is 559 Å². The Morgan fingerprint density at radius 1 is 0.333 bits per heavy atom. The van der Waals surface area contributed by atoms with Crippen LogP contribution in [0.2, 0.25) is 0 Å². The van der Waals surface area contributed by atoms with Gasteiger partial charge in [0.2, 0.25) is 0 Å². The second-order valence-corrected chi connectivity index (χ2v) is 2.25. The van der Waals surface area contributed by atoms with E-state index in [2.05, 4.69) is 0 Å². The van der Waals surface area contributed by atoms with Crippen LogP contribution in [-0.2, 0) is 65.5 Å². The molecule has 0 aromatic heterocycles. The van der Waals surface area contributed by atoms with Crippen LogP contribution >= 0.6 is 0 Å². The van der Waals surface area contributed by atoms with Gasteiger partial charge in [-0.15, -0.1) is 0 Å². The Labute approximate surface area is 266 Å². The maximum absolute atomic E-state index is 8.52. The summed E-state index contributed by atoms with van der Waals surface area (Å²) in [4.78, 5) is 51.1. The van der Waals surface area contributed by atoms with Crippen molar-refractivity contribution >= 4 is 109 Å². The van der Waals surface area contributed by atoms with Gasteiger partial charge in [0.15, 0.2) is 0 Å². The number of hydrogen-bond donors (Lipinski definition) is 0. The first kappa shape index (κ1) is 239. The molecule has 0 saturated carbocycles. The van der Waals surface area contributed by atoms with Crippen LogP contribution in [0.3, 0.4) is 0 Å². The molecular formula is H18Cr3O21Pb3Si3-6. The molecule has 0 spiro atoms. The number of hydrogen-bond acceptors (Lipinski definition) is 15. The Hall–Kier alpha value is 2.73. The summed E-state index contributed by atoms with van der Waals surface area (Å²) in [5, 5.41) is 0. The van der Waals surface area contributed by atoms with Gasteiger partial charge < -0.3 is 108 Å². The molecule has 192 valence electrons. The molecule has 0 rings (SSSR count). The third-order valence-electron chi connectivity index (χ3n) is 0. The van der Waals surface area contributed by atoms with Crippen molar-refractivity contribution in [2.75, 3.05) is 0 Å². The van der Waals surface area contributed by atoms with Gasteiger partial charge in [0.1, 0.15) is 0 Å². The quantitative estimate of drug-likeness (QED) is 0.203. The average Bonchev–Trinajstić information content (AvgIpc) is 1.54. The molecule has 0 aliphatic carbocycles. The molecule has 0 atom stereocenters. The van der Waals surface area contributed by atoms with Crippen molar-refractivity contribution in [1.82, 2.24) is 0 Å². The molecule has 0 unspecified atom stereocenters. The molecule has 0 aromatic carbocycles. The van der Waals surface area contributed by atoms with Gasteiger partial charge in [0, 0.05) is 79.6 Å². The third-order valence-corrected chi connectivity index (χ3v) is 0. The molecular weight excluding hydrogens is 1200 g/mol. The molecule has 0 aromatic rings. The van der Waals surface area contributed by atoms with Gasteiger partial charge in [-0.25, -0.2) is 0 Å². The van der Waals surface area contributed by atoms with Gasteiger partial charge >= 0.3 is 81.9 Å². The van der Waals surface area contributed by atoms with E-state index in [1.54, 1.807) is 0 Å². The summed E-state index contributed by atoms with van der Waals surface area (Å²) in [6, 6.07) is 0. The standard InChI is InChI=1S/3Cr.3O3Si.12H2O.3Pb/c;;;3*1-4(2)3;;;;;;;;;;;;;;;/h;;;;;;12*1H2;;;/q;;;3*-2;;;;;;;;;;;;;3*+2/p-6. The molecule has 21 nitrogen and oxygen atoms in total. The fraction of sp³-hybridized carbons (Fsp3) is 0. The zero-order chi connectivity index (χ0) is 10.7. The fourth-order valence-corrected chi connectivity index (χ4v) is 0. The van der Waals surface area contributed by atoms with E-state index in [1.165, 1.54) is 0 Å². The Morgan fingerprint density at radius 3 is 0.333 bits per heavy atom. The molecule has 18 N–H and O–H groups in total. The first-order valence-corrected chi connectivity index (χ1v) is 5.51. The monoisotopic (exact) mass is 1220 g/mol. The van der Waals surface area contributed by atoms with E-state index in [0.717, 1.165) is 0 Å². The predicted molar refractivity (Wildman–Crippen MR) is 69.9 cm³/mol. The molecule has 0 amide bonds. The molecule has 0 fully saturated rings. The second-order valence-electron chi connectivity index (χ2n) is 0.750. The summed E-state index contributed by atoms with van der Waals surface area (Å²) in [5.74, 6) is 0. The van der Waals surface area contributed by atoms with Crippen LogP contribution in [0, 0.1) is 0 Å². The van der Waals surface area contributed by atoms with Gasteiger partial charge in [-0.3, -0.25) is 0 Å². The SMILES string of the molecule is O.O.O.O.O.O.O=[Si]([O-])[O-].O=[Si]([O-])[O-].O=[Si]([O-])[O-].[Cr].[Cr].[Cr].[OH-].[OH-].[OH-].[OH-].[OH-].[OH-].[Pb+2].[Pb+2].[Pb+2]. The molecule has 30 heteroatoms. The van der Waals surface area contributed by atoms with Crippen molar-refractivity contribution in [2.24, 2.45) is 0 Å². The first-order chi connectivity index (χ1) is 5.20.